The highest BCUT2D eigenvalue weighted by Gasteiger charge is 2.11. The van der Waals surface area contributed by atoms with Gasteiger partial charge in [-0.2, -0.15) is 4.99 Å². The number of para-hydroxylation sites is 1. The van der Waals surface area contributed by atoms with E-state index in [1.54, 1.807) is 34.9 Å². The van der Waals surface area contributed by atoms with Crippen LogP contribution in [0, 0.1) is 5.82 Å². The number of carbonyl (C=O) groups excluding carboxylic acids is 1. The fourth-order valence-electron chi connectivity index (χ4n) is 2.20. The summed E-state index contributed by atoms with van der Waals surface area (Å²) in [7, 11) is 0. The summed E-state index contributed by atoms with van der Waals surface area (Å²) in [5.74, 6) is -0.607. The smallest absolute Gasteiger partial charge is 0.279 e. The fraction of sp³-hybridized carbons (Fsp3) is 0.125. The largest absolute Gasteiger partial charge is 0.314 e. The van der Waals surface area contributed by atoms with E-state index in [1.807, 2.05) is 19.1 Å². The third kappa shape index (κ3) is 2.52. The zero-order valence-electron chi connectivity index (χ0n) is 11.4. The molecule has 3 rings (SSSR count). The van der Waals surface area contributed by atoms with Crippen molar-refractivity contribution in [1.82, 2.24) is 4.57 Å². The number of benzene rings is 2. The van der Waals surface area contributed by atoms with Crippen LogP contribution in [0.4, 0.5) is 4.39 Å². The van der Waals surface area contributed by atoms with Crippen molar-refractivity contribution < 1.29 is 9.18 Å². The third-order valence-electron chi connectivity index (χ3n) is 3.19. The van der Waals surface area contributed by atoms with Gasteiger partial charge in [0.1, 0.15) is 5.82 Å². The first-order chi connectivity index (χ1) is 10.2. The van der Waals surface area contributed by atoms with Crippen LogP contribution in [0.5, 0.6) is 0 Å². The first-order valence-electron chi connectivity index (χ1n) is 6.62. The topological polar surface area (TPSA) is 34.4 Å². The minimum atomic E-state index is -0.315. The van der Waals surface area contributed by atoms with Crippen molar-refractivity contribution in [2.45, 2.75) is 13.5 Å². The molecule has 2 aromatic carbocycles. The summed E-state index contributed by atoms with van der Waals surface area (Å²) in [6.45, 7) is 2.46. The van der Waals surface area contributed by atoms with Crippen molar-refractivity contribution in [3.63, 3.8) is 0 Å². The van der Waals surface area contributed by atoms with Crippen LogP contribution in [0.25, 0.3) is 10.2 Å². The lowest BCUT2D eigenvalue weighted by molar-refractivity contribution is 0.0998. The van der Waals surface area contributed by atoms with Crippen molar-refractivity contribution in [3.05, 3.63) is 64.7 Å². The van der Waals surface area contributed by atoms with E-state index in [4.69, 9.17) is 0 Å². The maximum atomic E-state index is 14.0. The van der Waals surface area contributed by atoms with Gasteiger partial charge in [0, 0.05) is 12.1 Å². The van der Waals surface area contributed by atoms with Gasteiger partial charge in [0.05, 0.1) is 10.2 Å². The number of hydrogen-bond acceptors (Lipinski definition) is 2. The first kappa shape index (κ1) is 13.7. The Balaban J connectivity index is 2.19. The number of fused-ring (bicyclic) bond motifs is 1. The van der Waals surface area contributed by atoms with Gasteiger partial charge in [-0.05, 0) is 31.2 Å². The minimum Gasteiger partial charge on any atom is -0.314 e. The van der Waals surface area contributed by atoms with Crippen molar-refractivity contribution >= 4 is 27.5 Å². The molecule has 3 nitrogen and oxygen atoms in total. The Hall–Kier alpha value is -2.27. The van der Waals surface area contributed by atoms with Crippen LogP contribution in [0.15, 0.2) is 53.5 Å². The molecule has 5 heteroatoms. The van der Waals surface area contributed by atoms with E-state index in [0.29, 0.717) is 22.4 Å². The second-order valence-corrected chi connectivity index (χ2v) is 5.51. The molecule has 106 valence electrons. The zero-order valence-corrected chi connectivity index (χ0v) is 12.2. The Morgan fingerprint density at radius 2 is 1.95 bits per heavy atom. The van der Waals surface area contributed by atoms with Gasteiger partial charge in [-0.25, -0.2) is 4.39 Å². The molecule has 0 N–H and O–H groups in total. The molecular weight excluding hydrogens is 287 g/mol. The highest BCUT2D eigenvalue weighted by atomic mass is 32.1. The van der Waals surface area contributed by atoms with Crippen LogP contribution in [0.2, 0.25) is 0 Å². The van der Waals surface area contributed by atoms with Crippen LogP contribution in [0.1, 0.15) is 17.3 Å². The monoisotopic (exact) mass is 300 g/mol. The lowest BCUT2D eigenvalue weighted by Crippen LogP contribution is -2.16. The summed E-state index contributed by atoms with van der Waals surface area (Å²) in [5, 5.41) is 0. The Bertz CT molecular complexity index is 865. The summed E-state index contributed by atoms with van der Waals surface area (Å²) >= 11 is 1.32. The molecule has 0 fully saturated rings. The molecule has 0 spiro atoms. The highest BCUT2D eigenvalue weighted by Crippen LogP contribution is 2.20. The molecule has 3 aromatic rings. The lowest BCUT2D eigenvalue weighted by Gasteiger charge is -2.01. The van der Waals surface area contributed by atoms with Crippen molar-refractivity contribution in [1.29, 1.82) is 0 Å². The van der Waals surface area contributed by atoms with Crippen molar-refractivity contribution in [2.24, 2.45) is 4.99 Å². The van der Waals surface area contributed by atoms with Gasteiger partial charge >= 0.3 is 0 Å². The molecule has 1 heterocycles. The number of halogens is 1. The van der Waals surface area contributed by atoms with Crippen molar-refractivity contribution in [3.8, 4) is 0 Å². The zero-order chi connectivity index (χ0) is 14.8. The Kier molecular flexibility index (Phi) is 3.66. The number of aryl methyl sites for hydroxylation is 1. The van der Waals surface area contributed by atoms with E-state index < -0.39 is 0 Å². The predicted molar refractivity (Wildman–Crippen MR) is 81.8 cm³/mol. The molecule has 0 aliphatic carbocycles. The number of amides is 1. The quantitative estimate of drug-likeness (QED) is 0.712. The predicted octanol–water partition coefficient (Wildman–Crippen LogP) is 3.60. The second-order valence-electron chi connectivity index (χ2n) is 4.50. The fourth-order valence-corrected chi connectivity index (χ4v) is 3.30. The van der Waals surface area contributed by atoms with Crippen LogP contribution < -0.4 is 4.80 Å². The van der Waals surface area contributed by atoms with E-state index >= 15 is 0 Å². The molecular formula is C16H13FN2OS. The van der Waals surface area contributed by atoms with Gasteiger partial charge in [0.2, 0.25) is 0 Å². The van der Waals surface area contributed by atoms with Gasteiger partial charge in [0.15, 0.2) is 4.80 Å². The van der Waals surface area contributed by atoms with Gasteiger partial charge in [-0.3, -0.25) is 4.79 Å². The number of thiazole rings is 1. The Labute approximate surface area is 125 Å². The van der Waals surface area contributed by atoms with Crippen molar-refractivity contribution in [2.75, 3.05) is 0 Å². The first-order valence-corrected chi connectivity index (χ1v) is 7.44. The van der Waals surface area contributed by atoms with E-state index in [0.717, 1.165) is 4.70 Å². The van der Waals surface area contributed by atoms with E-state index in [9.17, 15) is 9.18 Å². The summed E-state index contributed by atoms with van der Waals surface area (Å²) in [6.07, 6.45) is 0. The van der Waals surface area contributed by atoms with Gasteiger partial charge in [-0.1, -0.05) is 35.6 Å². The molecule has 0 aliphatic rings. The van der Waals surface area contributed by atoms with Gasteiger partial charge in [-0.15, -0.1) is 0 Å². The SMILES string of the molecule is CCn1c(=NC(=O)c2ccccc2)sc2cccc(F)c21. The maximum absolute atomic E-state index is 14.0. The van der Waals surface area contributed by atoms with Crippen LogP contribution in [-0.4, -0.2) is 10.5 Å². The molecule has 0 unspecified atom stereocenters. The summed E-state index contributed by atoms with van der Waals surface area (Å²) in [4.78, 5) is 16.9. The molecule has 0 saturated carbocycles. The average molecular weight is 300 g/mol. The van der Waals surface area contributed by atoms with Crippen LogP contribution >= 0.6 is 11.3 Å². The Morgan fingerprint density at radius 1 is 1.19 bits per heavy atom. The summed E-state index contributed by atoms with van der Waals surface area (Å²) in [5.41, 5.74) is 1.03. The average Bonchev–Trinajstić information content (AvgIpc) is 2.86. The van der Waals surface area contributed by atoms with Gasteiger partial charge < -0.3 is 4.57 Å². The number of carbonyl (C=O) groups is 1. The van der Waals surface area contributed by atoms with E-state index in [2.05, 4.69) is 4.99 Å². The molecule has 1 amide bonds. The Morgan fingerprint density at radius 3 is 2.67 bits per heavy atom. The normalized spacial score (nSPS) is 12.0. The van der Waals surface area contributed by atoms with E-state index in [-0.39, 0.29) is 11.7 Å². The van der Waals surface area contributed by atoms with Gasteiger partial charge in [0.25, 0.3) is 5.91 Å². The minimum absolute atomic E-state index is 0.292. The standard InChI is InChI=1S/C16H13FN2OS/c1-2-19-14-12(17)9-6-10-13(14)21-16(19)18-15(20)11-7-4-3-5-8-11/h3-10H,2H2,1H3. The number of rotatable bonds is 2. The molecule has 0 radical (unpaired) electrons. The second kappa shape index (κ2) is 5.61. The molecule has 21 heavy (non-hydrogen) atoms. The number of aromatic nitrogens is 1. The number of nitrogens with zero attached hydrogens (tertiary/aromatic N) is 2. The third-order valence-corrected chi connectivity index (χ3v) is 4.23. The molecule has 0 atom stereocenters. The maximum Gasteiger partial charge on any atom is 0.279 e. The molecule has 0 bridgehead atoms. The summed E-state index contributed by atoms with van der Waals surface area (Å²) < 4.78 is 16.5. The summed E-state index contributed by atoms with van der Waals surface area (Å²) in [6, 6.07) is 13.8. The molecule has 0 saturated heterocycles. The molecule has 0 aliphatic heterocycles. The lowest BCUT2D eigenvalue weighted by atomic mass is 10.2. The highest BCUT2D eigenvalue weighted by molar-refractivity contribution is 7.16. The molecule has 1 aromatic heterocycles. The van der Waals surface area contributed by atoms with E-state index in [1.165, 1.54) is 17.4 Å². The van der Waals surface area contributed by atoms with Crippen LogP contribution in [-0.2, 0) is 6.54 Å². The number of hydrogen-bond donors (Lipinski definition) is 0. The van der Waals surface area contributed by atoms with Crippen LogP contribution in [0.3, 0.4) is 0 Å².